The van der Waals surface area contributed by atoms with Crippen LogP contribution in [0.1, 0.15) is 12.0 Å². The van der Waals surface area contributed by atoms with Gasteiger partial charge in [-0.1, -0.05) is 17.7 Å². The number of aryl methyl sites for hydroxylation is 1. The molecule has 1 aliphatic heterocycles. The number of carbonyl (C=O) groups is 2. The lowest BCUT2D eigenvalue weighted by Crippen LogP contribution is -2.30. The van der Waals surface area contributed by atoms with E-state index >= 15 is 0 Å². The summed E-state index contributed by atoms with van der Waals surface area (Å²) in [5.41, 5.74) is 1.76. The van der Waals surface area contributed by atoms with Crippen molar-refractivity contribution in [2.24, 2.45) is 0 Å². The third-order valence-electron chi connectivity index (χ3n) is 2.50. The Bertz CT molecular complexity index is 459. The quantitative estimate of drug-likeness (QED) is 0.768. The van der Waals surface area contributed by atoms with Crippen LogP contribution in [0.3, 0.4) is 0 Å². The number of amides is 2. The van der Waals surface area contributed by atoms with Crippen LogP contribution in [0.5, 0.6) is 0 Å². The molecule has 0 bridgehead atoms. The van der Waals surface area contributed by atoms with Crippen LogP contribution in [-0.4, -0.2) is 17.9 Å². The van der Waals surface area contributed by atoms with Crippen LogP contribution < -0.4 is 10.6 Å². The molecule has 1 aromatic carbocycles. The fourth-order valence-electron chi connectivity index (χ4n) is 1.61. The van der Waals surface area contributed by atoms with Crippen LogP contribution in [0.4, 0.5) is 5.69 Å². The van der Waals surface area contributed by atoms with Crippen molar-refractivity contribution in [1.29, 1.82) is 0 Å². The van der Waals surface area contributed by atoms with E-state index in [0.717, 1.165) is 11.3 Å². The topological polar surface area (TPSA) is 58.2 Å². The minimum atomic E-state index is -0.496. The number of imide groups is 1. The SMILES string of the molecule is Cc1ccc(Cl)cc1NC1CC(=O)NC1=O. The fourth-order valence-corrected chi connectivity index (χ4v) is 1.78. The Hall–Kier alpha value is -1.55. The molecule has 0 radical (unpaired) electrons. The summed E-state index contributed by atoms with van der Waals surface area (Å²) in [6.45, 7) is 1.91. The normalized spacial score (nSPS) is 19.8. The molecule has 16 heavy (non-hydrogen) atoms. The first kappa shape index (κ1) is 11.0. The van der Waals surface area contributed by atoms with Gasteiger partial charge in [-0.05, 0) is 24.6 Å². The molecule has 2 N–H and O–H groups in total. The second kappa shape index (κ2) is 4.14. The highest BCUT2D eigenvalue weighted by Crippen LogP contribution is 2.22. The Morgan fingerprint density at radius 2 is 2.19 bits per heavy atom. The molecule has 1 fully saturated rings. The number of carbonyl (C=O) groups excluding carboxylic acids is 2. The molecule has 2 rings (SSSR count). The first-order chi connectivity index (χ1) is 7.56. The molecular weight excluding hydrogens is 228 g/mol. The van der Waals surface area contributed by atoms with Crippen LogP contribution in [-0.2, 0) is 9.59 Å². The Morgan fingerprint density at radius 1 is 1.44 bits per heavy atom. The van der Waals surface area contributed by atoms with Crippen molar-refractivity contribution in [3.8, 4) is 0 Å². The summed E-state index contributed by atoms with van der Waals surface area (Å²) >= 11 is 5.86. The molecule has 1 heterocycles. The van der Waals surface area contributed by atoms with Gasteiger partial charge in [0.05, 0.1) is 6.42 Å². The molecule has 0 aromatic heterocycles. The second-order valence-corrected chi connectivity index (χ2v) is 4.21. The van der Waals surface area contributed by atoms with Gasteiger partial charge in [-0.3, -0.25) is 14.9 Å². The standard InChI is InChI=1S/C11H11ClN2O2/c1-6-2-3-7(12)4-8(6)13-9-5-10(15)14-11(9)16/h2-4,9,13H,5H2,1H3,(H,14,15,16). The molecule has 0 aliphatic carbocycles. The van der Waals surface area contributed by atoms with E-state index in [1.54, 1.807) is 12.1 Å². The Labute approximate surface area is 98.0 Å². The number of hydrogen-bond donors (Lipinski definition) is 2. The van der Waals surface area contributed by atoms with Crippen molar-refractivity contribution in [2.75, 3.05) is 5.32 Å². The van der Waals surface area contributed by atoms with Gasteiger partial charge in [-0.25, -0.2) is 0 Å². The van der Waals surface area contributed by atoms with Gasteiger partial charge in [0.15, 0.2) is 0 Å². The molecule has 1 aromatic rings. The summed E-state index contributed by atoms with van der Waals surface area (Å²) in [6, 6.07) is 4.89. The lowest BCUT2D eigenvalue weighted by atomic mass is 10.1. The first-order valence-electron chi connectivity index (χ1n) is 4.92. The summed E-state index contributed by atoms with van der Waals surface area (Å²) < 4.78 is 0. The van der Waals surface area contributed by atoms with Gasteiger partial charge in [0.1, 0.15) is 6.04 Å². The average molecular weight is 239 g/mol. The van der Waals surface area contributed by atoms with Crippen LogP contribution in [0, 0.1) is 6.92 Å². The van der Waals surface area contributed by atoms with E-state index in [-0.39, 0.29) is 18.2 Å². The monoisotopic (exact) mass is 238 g/mol. The maximum atomic E-state index is 11.4. The zero-order valence-electron chi connectivity index (χ0n) is 8.71. The van der Waals surface area contributed by atoms with E-state index in [9.17, 15) is 9.59 Å². The first-order valence-corrected chi connectivity index (χ1v) is 5.30. The van der Waals surface area contributed by atoms with E-state index < -0.39 is 6.04 Å². The van der Waals surface area contributed by atoms with Crippen molar-refractivity contribution in [3.05, 3.63) is 28.8 Å². The summed E-state index contributed by atoms with van der Waals surface area (Å²) in [7, 11) is 0. The predicted molar refractivity (Wildman–Crippen MR) is 61.4 cm³/mol. The minimum absolute atomic E-state index is 0.171. The smallest absolute Gasteiger partial charge is 0.249 e. The lowest BCUT2D eigenvalue weighted by Gasteiger charge is -2.13. The molecule has 0 spiro atoms. The van der Waals surface area contributed by atoms with Crippen LogP contribution in [0.25, 0.3) is 0 Å². The molecule has 4 nitrogen and oxygen atoms in total. The molecule has 1 unspecified atom stereocenters. The van der Waals surface area contributed by atoms with Crippen molar-refractivity contribution < 1.29 is 9.59 Å². The highest BCUT2D eigenvalue weighted by Gasteiger charge is 2.30. The van der Waals surface area contributed by atoms with Gasteiger partial charge in [-0.2, -0.15) is 0 Å². The van der Waals surface area contributed by atoms with Gasteiger partial charge in [0.2, 0.25) is 11.8 Å². The van der Waals surface area contributed by atoms with Gasteiger partial charge in [-0.15, -0.1) is 0 Å². The molecule has 5 heteroatoms. The number of nitrogens with one attached hydrogen (secondary N) is 2. The van der Waals surface area contributed by atoms with Crippen molar-refractivity contribution in [3.63, 3.8) is 0 Å². The van der Waals surface area contributed by atoms with Crippen molar-refractivity contribution >= 4 is 29.1 Å². The molecular formula is C11H11ClN2O2. The zero-order valence-corrected chi connectivity index (χ0v) is 9.47. The van der Waals surface area contributed by atoms with Crippen molar-refractivity contribution in [2.45, 2.75) is 19.4 Å². The fraction of sp³-hybridized carbons (Fsp3) is 0.273. The summed E-state index contributed by atoms with van der Waals surface area (Å²) in [6.07, 6.45) is 0.171. The van der Waals surface area contributed by atoms with E-state index in [1.807, 2.05) is 13.0 Å². The van der Waals surface area contributed by atoms with E-state index in [2.05, 4.69) is 10.6 Å². The Kier molecular flexibility index (Phi) is 2.83. The highest BCUT2D eigenvalue weighted by atomic mass is 35.5. The second-order valence-electron chi connectivity index (χ2n) is 3.77. The minimum Gasteiger partial charge on any atom is -0.373 e. The van der Waals surface area contributed by atoms with Crippen molar-refractivity contribution in [1.82, 2.24) is 5.32 Å². The largest absolute Gasteiger partial charge is 0.373 e. The zero-order chi connectivity index (χ0) is 11.7. The van der Waals surface area contributed by atoms with E-state index in [4.69, 9.17) is 11.6 Å². The predicted octanol–water partition coefficient (Wildman–Crippen LogP) is 1.48. The lowest BCUT2D eigenvalue weighted by molar-refractivity contribution is -0.124. The Morgan fingerprint density at radius 3 is 2.81 bits per heavy atom. The number of hydrogen-bond acceptors (Lipinski definition) is 3. The number of anilines is 1. The van der Waals surface area contributed by atoms with E-state index in [0.29, 0.717) is 5.02 Å². The maximum Gasteiger partial charge on any atom is 0.249 e. The summed E-state index contributed by atoms with van der Waals surface area (Å²) in [4.78, 5) is 22.4. The number of rotatable bonds is 2. The summed E-state index contributed by atoms with van der Waals surface area (Å²) in [5.74, 6) is -0.536. The number of benzene rings is 1. The highest BCUT2D eigenvalue weighted by molar-refractivity contribution is 6.30. The third-order valence-corrected chi connectivity index (χ3v) is 2.73. The molecule has 2 amide bonds. The van der Waals surface area contributed by atoms with Crippen LogP contribution in [0.15, 0.2) is 18.2 Å². The molecule has 84 valence electrons. The molecule has 1 atom stereocenters. The third kappa shape index (κ3) is 2.17. The van der Waals surface area contributed by atoms with Crippen LogP contribution >= 0.6 is 11.6 Å². The number of halogens is 1. The van der Waals surface area contributed by atoms with Gasteiger partial charge >= 0.3 is 0 Å². The molecule has 0 saturated carbocycles. The van der Waals surface area contributed by atoms with Gasteiger partial charge < -0.3 is 5.32 Å². The average Bonchev–Trinajstić information content (AvgIpc) is 2.51. The molecule has 1 aliphatic rings. The summed E-state index contributed by atoms with van der Waals surface area (Å²) in [5, 5.41) is 5.86. The Balaban J connectivity index is 2.18. The van der Waals surface area contributed by atoms with Gasteiger partial charge in [0.25, 0.3) is 0 Å². The maximum absolute atomic E-state index is 11.4. The van der Waals surface area contributed by atoms with E-state index in [1.165, 1.54) is 0 Å². The van der Waals surface area contributed by atoms with Gasteiger partial charge in [0, 0.05) is 10.7 Å². The molecule has 1 saturated heterocycles. The van der Waals surface area contributed by atoms with Crippen LogP contribution in [0.2, 0.25) is 5.02 Å².